The van der Waals surface area contributed by atoms with E-state index in [1.54, 1.807) is 17.5 Å². The van der Waals surface area contributed by atoms with Gasteiger partial charge in [-0.1, -0.05) is 23.8 Å². The third-order valence-electron chi connectivity index (χ3n) is 3.97. The van der Waals surface area contributed by atoms with Crippen LogP contribution in [0.3, 0.4) is 0 Å². The molecule has 0 aliphatic heterocycles. The minimum absolute atomic E-state index is 0.529. The van der Waals surface area contributed by atoms with Crippen molar-refractivity contribution in [2.75, 3.05) is 5.32 Å². The fourth-order valence-corrected chi connectivity index (χ4v) is 3.50. The van der Waals surface area contributed by atoms with Crippen LogP contribution in [0.15, 0.2) is 41.9 Å². The summed E-state index contributed by atoms with van der Waals surface area (Å²) in [6.07, 6.45) is 1.67. The number of imidazole rings is 1. The largest absolute Gasteiger partial charge is 0.338 e. The first-order valence-corrected chi connectivity index (χ1v) is 8.43. The minimum atomic E-state index is 0.529. The number of rotatable bonds is 3. The van der Waals surface area contributed by atoms with Gasteiger partial charge in [0.05, 0.1) is 4.88 Å². The summed E-state index contributed by atoms with van der Waals surface area (Å²) in [5, 5.41) is 17.9. The Morgan fingerprint density at radius 1 is 1.29 bits per heavy atom. The number of thiophene rings is 1. The number of nitriles is 1. The summed E-state index contributed by atoms with van der Waals surface area (Å²) in [5.41, 5.74) is 5.41. The molecule has 0 saturated heterocycles. The molecule has 0 unspecified atom stereocenters. The second-order valence-electron chi connectivity index (χ2n) is 5.69. The average Bonchev–Trinajstić information content (AvgIpc) is 3.27. The molecule has 0 aliphatic carbocycles. The Morgan fingerprint density at radius 2 is 2.17 bits per heavy atom. The van der Waals surface area contributed by atoms with Gasteiger partial charge in [0, 0.05) is 11.9 Å². The smallest absolute Gasteiger partial charge is 0.173 e. The molecule has 0 amide bonds. The summed E-state index contributed by atoms with van der Waals surface area (Å²) >= 11 is 1.63. The molecule has 3 heterocycles. The molecule has 24 heavy (non-hydrogen) atoms. The number of hydrogen-bond acceptors (Lipinski definition) is 4. The molecule has 0 saturated carbocycles. The fourth-order valence-electron chi connectivity index (χ4n) is 2.78. The number of hydrogen-bond donors (Lipinski definition) is 2. The van der Waals surface area contributed by atoms with Crippen LogP contribution in [0.1, 0.15) is 16.7 Å². The summed E-state index contributed by atoms with van der Waals surface area (Å²) in [6.45, 7) is 4.16. The van der Waals surface area contributed by atoms with Gasteiger partial charge in [-0.2, -0.15) is 5.26 Å². The first-order chi connectivity index (χ1) is 11.7. The lowest BCUT2D eigenvalue weighted by Gasteiger charge is -2.10. The van der Waals surface area contributed by atoms with E-state index in [1.165, 1.54) is 5.56 Å². The minimum Gasteiger partial charge on any atom is -0.338 e. The Labute approximate surface area is 143 Å². The molecular weight excluding hydrogens is 318 g/mol. The van der Waals surface area contributed by atoms with Crippen LogP contribution < -0.4 is 5.32 Å². The van der Waals surface area contributed by atoms with Gasteiger partial charge in [-0.05, 0) is 36.9 Å². The second kappa shape index (κ2) is 5.55. The van der Waals surface area contributed by atoms with Gasteiger partial charge in [0.15, 0.2) is 11.5 Å². The summed E-state index contributed by atoms with van der Waals surface area (Å²) in [5.74, 6) is 0.834. The molecule has 2 N–H and O–H groups in total. The normalized spacial score (nSPS) is 10.9. The molecule has 6 heteroatoms. The van der Waals surface area contributed by atoms with Gasteiger partial charge in [-0.3, -0.25) is 5.10 Å². The maximum absolute atomic E-state index is 9.28. The van der Waals surface area contributed by atoms with Gasteiger partial charge in [0.2, 0.25) is 0 Å². The Morgan fingerprint density at radius 3 is 2.88 bits per heavy atom. The first kappa shape index (κ1) is 14.5. The van der Waals surface area contributed by atoms with E-state index in [4.69, 9.17) is 0 Å². The quantitative estimate of drug-likeness (QED) is 0.574. The number of aromatic nitrogens is 3. The zero-order valence-corrected chi connectivity index (χ0v) is 14.1. The lowest BCUT2D eigenvalue weighted by atomic mass is 10.1. The van der Waals surface area contributed by atoms with E-state index in [2.05, 4.69) is 53.5 Å². The molecule has 3 aromatic heterocycles. The van der Waals surface area contributed by atoms with Gasteiger partial charge in [0.1, 0.15) is 17.3 Å². The fraction of sp³-hybridized carbons (Fsp3) is 0.111. The van der Waals surface area contributed by atoms with E-state index in [0.717, 1.165) is 27.6 Å². The number of anilines is 2. The van der Waals surface area contributed by atoms with Crippen molar-refractivity contribution in [3.8, 4) is 16.6 Å². The predicted octanol–water partition coefficient (Wildman–Crippen LogP) is 4.62. The van der Waals surface area contributed by atoms with Crippen LogP contribution in [0.2, 0.25) is 0 Å². The van der Waals surface area contributed by atoms with Gasteiger partial charge >= 0.3 is 0 Å². The molecule has 5 nitrogen and oxygen atoms in total. The van der Waals surface area contributed by atoms with Crippen LogP contribution in [-0.4, -0.2) is 14.6 Å². The molecular formula is C18H15N5S. The number of nitrogens with one attached hydrogen (secondary N) is 2. The monoisotopic (exact) mass is 333 g/mol. The van der Waals surface area contributed by atoms with Crippen LogP contribution in [0.5, 0.6) is 0 Å². The van der Waals surface area contributed by atoms with Gasteiger partial charge in [-0.25, -0.2) is 9.50 Å². The SMILES string of the molecule is Cc1ccc(Nc2c(-c3cccs3)nc3c(C#N)c[nH]n23)c(C)c1. The van der Waals surface area contributed by atoms with E-state index in [-0.39, 0.29) is 0 Å². The standard InChI is InChI=1S/C18H15N5S/c1-11-5-6-14(12(2)8-11)21-18-16(15-4-3-7-24-15)22-17-13(9-19)10-20-23(17)18/h3-8,10,20-21H,1-2H3. The molecule has 0 atom stereocenters. The molecule has 1 aromatic carbocycles. The molecule has 0 fully saturated rings. The Kier molecular flexibility index (Phi) is 3.36. The zero-order valence-electron chi connectivity index (χ0n) is 13.3. The van der Waals surface area contributed by atoms with Crippen molar-refractivity contribution in [1.29, 1.82) is 5.26 Å². The van der Waals surface area contributed by atoms with Gasteiger partial charge in [0.25, 0.3) is 0 Å². The van der Waals surface area contributed by atoms with Gasteiger partial charge in [-0.15, -0.1) is 11.3 Å². The molecule has 0 radical (unpaired) electrons. The topological polar surface area (TPSA) is 68.9 Å². The van der Waals surface area contributed by atoms with Crippen LogP contribution in [0, 0.1) is 25.2 Å². The lowest BCUT2D eigenvalue weighted by Crippen LogP contribution is -1.99. The summed E-state index contributed by atoms with van der Waals surface area (Å²) < 4.78 is 1.83. The Hall–Kier alpha value is -3.04. The van der Waals surface area contributed by atoms with Crippen molar-refractivity contribution in [1.82, 2.24) is 14.6 Å². The molecule has 0 spiro atoms. The number of benzene rings is 1. The molecule has 4 aromatic rings. The summed E-state index contributed by atoms with van der Waals surface area (Å²) in [6, 6.07) is 12.5. The molecule has 4 rings (SSSR count). The number of aryl methyl sites for hydroxylation is 2. The maximum atomic E-state index is 9.28. The summed E-state index contributed by atoms with van der Waals surface area (Å²) in [7, 11) is 0. The van der Waals surface area contributed by atoms with Crippen LogP contribution in [0.4, 0.5) is 11.5 Å². The van der Waals surface area contributed by atoms with Crippen molar-refractivity contribution in [2.45, 2.75) is 13.8 Å². The third kappa shape index (κ3) is 2.27. The van der Waals surface area contributed by atoms with Gasteiger partial charge < -0.3 is 5.32 Å². The highest BCUT2D eigenvalue weighted by molar-refractivity contribution is 7.13. The molecule has 0 aliphatic rings. The first-order valence-electron chi connectivity index (χ1n) is 7.55. The van der Waals surface area contributed by atoms with Crippen molar-refractivity contribution in [3.05, 3.63) is 58.6 Å². The van der Waals surface area contributed by atoms with Crippen LogP contribution >= 0.6 is 11.3 Å². The van der Waals surface area contributed by atoms with Crippen molar-refractivity contribution < 1.29 is 0 Å². The van der Waals surface area contributed by atoms with E-state index in [9.17, 15) is 5.26 Å². The number of H-pyrrole nitrogens is 1. The third-order valence-corrected chi connectivity index (χ3v) is 4.84. The number of nitrogens with zero attached hydrogens (tertiary/aromatic N) is 3. The zero-order chi connectivity index (χ0) is 16.7. The van der Waals surface area contributed by atoms with Crippen LogP contribution in [-0.2, 0) is 0 Å². The number of fused-ring (bicyclic) bond motifs is 1. The molecule has 0 bridgehead atoms. The van der Waals surface area contributed by atoms with E-state index in [1.807, 2.05) is 22.0 Å². The number of aromatic amines is 1. The lowest BCUT2D eigenvalue weighted by molar-refractivity contribution is 0.979. The highest BCUT2D eigenvalue weighted by atomic mass is 32.1. The van der Waals surface area contributed by atoms with E-state index >= 15 is 0 Å². The second-order valence-corrected chi connectivity index (χ2v) is 6.64. The predicted molar refractivity (Wildman–Crippen MR) is 96.8 cm³/mol. The highest BCUT2D eigenvalue weighted by Crippen LogP contribution is 2.34. The summed E-state index contributed by atoms with van der Waals surface area (Å²) in [4.78, 5) is 5.75. The van der Waals surface area contributed by atoms with Crippen molar-refractivity contribution in [3.63, 3.8) is 0 Å². The highest BCUT2D eigenvalue weighted by Gasteiger charge is 2.19. The average molecular weight is 333 g/mol. The van der Waals surface area contributed by atoms with Crippen molar-refractivity contribution in [2.24, 2.45) is 0 Å². The van der Waals surface area contributed by atoms with Crippen LogP contribution in [0.25, 0.3) is 16.2 Å². The molecule has 118 valence electrons. The van der Waals surface area contributed by atoms with E-state index in [0.29, 0.717) is 11.2 Å². The van der Waals surface area contributed by atoms with E-state index < -0.39 is 0 Å². The maximum Gasteiger partial charge on any atom is 0.173 e. The van der Waals surface area contributed by atoms with Crippen molar-refractivity contribution >= 4 is 28.5 Å². The Bertz CT molecular complexity index is 1060. The Balaban J connectivity index is 1.91.